The molecule has 0 atom stereocenters. The molecule has 0 spiro atoms. The van der Waals surface area contributed by atoms with Crippen molar-refractivity contribution in [3.63, 3.8) is 0 Å². The lowest BCUT2D eigenvalue weighted by molar-refractivity contribution is -0.113. The number of thiazole rings is 1. The highest BCUT2D eigenvalue weighted by Gasteiger charge is 2.01. The van der Waals surface area contributed by atoms with Crippen molar-refractivity contribution >= 4 is 23.3 Å². The Bertz CT molecular complexity index is 711. The highest BCUT2D eigenvalue weighted by Crippen LogP contribution is 2.20. The monoisotopic (exact) mass is 288 g/mol. The predicted octanol–water partition coefficient (Wildman–Crippen LogP) is 2.54. The van der Waals surface area contributed by atoms with Gasteiger partial charge in [0.25, 0.3) is 5.91 Å². The zero-order valence-electron chi connectivity index (χ0n) is 11.7. The quantitative estimate of drug-likeness (QED) is 0.815. The molecule has 2 rings (SSSR count). The first-order valence-corrected chi connectivity index (χ1v) is 6.99. The molecule has 1 aromatic heterocycles. The summed E-state index contributed by atoms with van der Waals surface area (Å²) in [7, 11) is 3.47. The normalized spacial score (nSPS) is 12.1. The van der Waals surface area contributed by atoms with Gasteiger partial charge >= 0.3 is 0 Å². The van der Waals surface area contributed by atoms with E-state index in [9.17, 15) is 4.79 Å². The van der Waals surface area contributed by atoms with Crippen LogP contribution < -0.4 is 9.54 Å². The molecule has 5 heteroatoms. The minimum absolute atomic E-state index is 0.286. The molecule has 0 saturated heterocycles. The van der Waals surface area contributed by atoms with Gasteiger partial charge < -0.3 is 9.30 Å². The van der Waals surface area contributed by atoms with Crippen molar-refractivity contribution in [3.05, 3.63) is 51.8 Å². The number of carbonyl (C=O) groups is 1. The van der Waals surface area contributed by atoms with Crippen LogP contribution in [-0.2, 0) is 11.8 Å². The standard InChI is InChI=1S/C15H16N2O2S/c1-11-4-6-13(19-3)12(10-11)5-7-14(18)16-15-17(2)8-9-20-15/h4-10H,1-3H3/b7-5+,16-15?. The second-order valence-corrected chi connectivity index (χ2v) is 5.20. The number of aryl methyl sites for hydroxylation is 2. The minimum Gasteiger partial charge on any atom is -0.496 e. The second kappa shape index (κ2) is 6.34. The van der Waals surface area contributed by atoms with E-state index in [1.165, 1.54) is 17.4 Å². The Labute approximate surface area is 121 Å². The van der Waals surface area contributed by atoms with E-state index in [-0.39, 0.29) is 5.91 Å². The molecule has 0 aliphatic heterocycles. The summed E-state index contributed by atoms with van der Waals surface area (Å²) in [6.45, 7) is 1.99. The molecule has 0 unspecified atom stereocenters. The van der Waals surface area contributed by atoms with Crippen molar-refractivity contribution < 1.29 is 9.53 Å². The summed E-state index contributed by atoms with van der Waals surface area (Å²) in [4.78, 5) is 16.5. The summed E-state index contributed by atoms with van der Waals surface area (Å²) in [5.41, 5.74) is 1.98. The van der Waals surface area contributed by atoms with E-state index >= 15 is 0 Å². The third kappa shape index (κ3) is 3.45. The van der Waals surface area contributed by atoms with Crippen LogP contribution in [0.25, 0.3) is 6.08 Å². The number of aromatic nitrogens is 1. The number of methoxy groups -OCH3 is 1. The van der Waals surface area contributed by atoms with Crippen molar-refractivity contribution in [2.45, 2.75) is 6.92 Å². The van der Waals surface area contributed by atoms with Gasteiger partial charge in [0, 0.05) is 30.3 Å². The van der Waals surface area contributed by atoms with Gasteiger partial charge in [-0.15, -0.1) is 11.3 Å². The molecule has 0 aliphatic rings. The maximum absolute atomic E-state index is 11.8. The van der Waals surface area contributed by atoms with Crippen molar-refractivity contribution in [3.8, 4) is 5.75 Å². The Balaban J connectivity index is 2.24. The molecule has 0 radical (unpaired) electrons. The number of amides is 1. The largest absolute Gasteiger partial charge is 0.496 e. The van der Waals surface area contributed by atoms with Gasteiger partial charge in [-0.3, -0.25) is 4.79 Å². The maximum Gasteiger partial charge on any atom is 0.272 e. The Morgan fingerprint density at radius 1 is 1.45 bits per heavy atom. The molecule has 0 fully saturated rings. The first kappa shape index (κ1) is 14.3. The fourth-order valence-corrected chi connectivity index (χ4v) is 2.45. The van der Waals surface area contributed by atoms with Crippen LogP contribution in [0.3, 0.4) is 0 Å². The van der Waals surface area contributed by atoms with Crippen molar-refractivity contribution in [2.75, 3.05) is 7.11 Å². The van der Waals surface area contributed by atoms with E-state index in [4.69, 9.17) is 4.74 Å². The molecule has 0 N–H and O–H groups in total. The molecule has 0 saturated carbocycles. The summed E-state index contributed by atoms with van der Waals surface area (Å²) in [6, 6.07) is 5.82. The van der Waals surface area contributed by atoms with E-state index in [1.54, 1.807) is 13.2 Å². The molecule has 0 bridgehead atoms. The smallest absolute Gasteiger partial charge is 0.272 e. The summed E-state index contributed by atoms with van der Waals surface area (Å²) >= 11 is 1.43. The van der Waals surface area contributed by atoms with Crippen LogP contribution in [0.1, 0.15) is 11.1 Å². The molecule has 4 nitrogen and oxygen atoms in total. The van der Waals surface area contributed by atoms with Gasteiger partial charge in [-0.05, 0) is 25.1 Å². The lowest BCUT2D eigenvalue weighted by atomic mass is 10.1. The van der Waals surface area contributed by atoms with Gasteiger partial charge in [0.1, 0.15) is 5.75 Å². The average molecular weight is 288 g/mol. The average Bonchev–Trinajstić information content (AvgIpc) is 2.82. The zero-order valence-corrected chi connectivity index (χ0v) is 12.5. The Morgan fingerprint density at radius 3 is 2.90 bits per heavy atom. The fourth-order valence-electron chi connectivity index (χ4n) is 1.71. The van der Waals surface area contributed by atoms with Gasteiger partial charge in [-0.25, -0.2) is 0 Å². The number of carbonyl (C=O) groups excluding carboxylic acids is 1. The Morgan fingerprint density at radius 2 is 2.25 bits per heavy atom. The summed E-state index contributed by atoms with van der Waals surface area (Å²) < 4.78 is 7.07. The van der Waals surface area contributed by atoms with Crippen molar-refractivity contribution in [2.24, 2.45) is 12.0 Å². The molecule has 0 aliphatic carbocycles. The lowest BCUT2D eigenvalue weighted by Crippen LogP contribution is -2.11. The molecule has 1 aromatic carbocycles. The van der Waals surface area contributed by atoms with Crippen LogP contribution in [-0.4, -0.2) is 17.6 Å². The van der Waals surface area contributed by atoms with Crippen LogP contribution >= 0.6 is 11.3 Å². The first-order chi connectivity index (χ1) is 9.60. The Hall–Kier alpha value is -2.14. The lowest BCUT2D eigenvalue weighted by Gasteiger charge is -2.04. The number of rotatable bonds is 3. The molecule has 104 valence electrons. The van der Waals surface area contributed by atoms with Crippen molar-refractivity contribution in [1.82, 2.24) is 4.57 Å². The van der Waals surface area contributed by atoms with Gasteiger partial charge in [-0.2, -0.15) is 4.99 Å². The van der Waals surface area contributed by atoms with Gasteiger partial charge in [0.15, 0.2) is 4.80 Å². The van der Waals surface area contributed by atoms with Crippen LogP contribution in [0.15, 0.2) is 40.8 Å². The molecule has 1 amide bonds. The van der Waals surface area contributed by atoms with E-state index in [0.717, 1.165) is 16.9 Å². The van der Waals surface area contributed by atoms with Crippen molar-refractivity contribution in [1.29, 1.82) is 0 Å². The molecular weight excluding hydrogens is 272 g/mol. The zero-order chi connectivity index (χ0) is 14.5. The second-order valence-electron chi connectivity index (χ2n) is 4.33. The summed E-state index contributed by atoms with van der Waals surface area (Å²) in [6.07, 6.45) is 5.05. The Kier molecular flexibility index (Phi) is 4.53. The van der Waals surface area contributed by atoms with Gasteiger partial charge in [0.05, 0.1) is 7.11 Å². The molecule has 2 aromatic rings. The summed E-state index contributed by atoms with van der Waals surface area (Å²) in [5, 5.41) is 1.89. The van der Waals surface area contributed by atoms with Crippen LogP contribution in [0, 0.1) is 6.92 Å². The number of hydrogen-bond acceptors (Lipinski definition) is 3. The highest BCUT2D eigenvalue weighted by atomic mass is 32.1. The number of nitrogens with zero attached hydrogens (tertiary/aromatic N) is 2. The van der Waals surface area contributed by atoms with Gasteiger partial charge in [-0.1, -0.05) is 11.6 Å². The molecule has 1 heterocycles. The van der Waals surface area contributed by atoms with Gasteiger partial charge in [0.2, 0.25) is 0 Å². The van der Waals surface area contributed by atoms with Crippen LogP contribution in [0.2, 0.25) is 0 Å². The van der Waals surface area contributed by atoms with E-state index in [2.05, 4.69) is 4.99 Å². The SMILES string of the molecule is COc1ccc(C)cc1/C=C/C(=O)N=c1sccn1C. The maximum atomic E-state index is 11.8. The molecular formula is C15H16N2O2S. The number of benzene rings is 1. The molecule has 20 heavy (non-hydrogen) atoms. The number of ether oxygens (including phenoxy) is 1. The predicted molar refractivity (Wildman–Crippen MR) is 80.6 cm³/mol. The van der Waals surface area contributed by atoms with E-state index in [0.29, 0.717) is 4.80 Å². The highest BCUT2D eigenvalue weighted by molar-refractivity contribution is 7.07. The number of hydrogen-bond donors (Lipinski definition) is 0. The van der Waals surface area contributed by atoms with E-state index in [1.807, 2.05) is 48.3 Å². The third-order valence-electron chi connectivity index (χ3n) is 2.76. The van der Waals surface area contributed by atoms with E-state index < -0.39 is 0 Å². The summed E-state index contributed by atoms with van der Waals surface area (Å²) in [5.74, 6) is 0.452. The topological polar surface area (TPSA) is 43.6 Å². The third-order valence-corrected chi connectivity index (χ3v) is 3.60. The minimum atomic E-state index is -0.286. The van der Waals surface area contributed by atoms with Crippen LogP contribution in [0.4, 0.5) is 0 Å². The first-order valence-electron chi connectivity index (χ1n) is 6.11. The fraction of sp³-hybridized carbons (Fsp3) is 0.200. The van der Waals surface area contributed by atoms with Crippen LogP contribution in [0.5, 0.6) is 5.75 Å².